The molecule has 0 atom stereocenters. The Morgan fingerprint density at radius 1 is 0.958 bits per heavy atom. The molecular weight excluding hydrogens is 318 g/mol. The zero-order chi connectivity index (χ0) is 17.4. The quantitative estimate of drug-likeness (QED) is 0.582. The predicted octanol–water partition coefficient (Wildman–Crippen LogP) is 4.04. The van der Waals surface area contributed by atoms with Crippen LogP contribution in [0.1, 0.15) is 34.3 Å². The van der Waals surface area contributed by atoms with Crippen molar-refractivity contribution in [2.75, 3.05) is 12.8 Å². The summed E-state index contributed by atoms with van der Waals surface area (Å²) in [6.07, 6.45) is 3.28. The third kappa shape index (κ3) is 5.85. The van der Waals surface area contributed by atoms with Gasteiger partial charge in [0.1, 0.15) is 0 Å². The molecule has 0 aliphatic rings. The summed E-state index contributed by atoms with van der Waals surface area (Å²) in [5, 5.41) is 2.88. The number of rotatable bonds is 8. The van der Waals surface area contributed by atoms with Crippen LogP contribution in [0.2, 0.25) is 0 Å². The molecule has 0 saturated carbocycles. The fourth-order valence-corrected chi connectivity index (χ4v) is 2.75. The van der Waals surface area contributed by atoms with E-state index in [0.717, 1.165) is 11.3 Å². The van der Waals surface area contributed by atoms with Crippen LogP contribution in [-0.4, -0.2) is 24.5 Å². The summed E-state index contributed by atoms with van der Waals surface area (Å²) in [5.74, 6) is -0.0625. The molecular formula is C20H23NO2S. The van der Waals surface area contributed by atoms with Crippen LogP contribution < -0.4 is 5.32 Å². The minimum Gasteiger partial charge on any atom is -0.356 e. The van der Waals surface area contributed by atoms with Gasteiger partial charge < -0.3 is 5.32 Å². The third-order valence-electron chi connectivity index (χ3n) is 3.85. The normalized spacial score (nSPS) is 10.4. The Balaban J connectivity index is 1.70. The van der Waals surface area contributed by atoms with Crippen molar-refractivity contribution in [2.45, 2.75) is 31.1 Å². The Morgan fingerprint density at radius 3 is 2.25 bits per heavy atom. The maximum atomic E-state index is 12.1. The topological polar surface area (TPSA) is 46.2 Å². The van der Waals surface area contributed by atoms with E-state index in [1.165, 1.54) is 11.1 Å². The lowest BCUT2D eigenvalue weighted by atomic mass is 10.1. The van der Waals surface area contributed by atoms with E-state index >= 15 is 0 Å². The van der Waals surface area contributed by atoms with Crippen LogP contribution in [0.4, 0.5) is 0 Å². The number of carbonyl (C=O) groups is 2. The van der Waals surface area contributed by atoms with E-state index in [4.69, 9.17) is 0 Å². The zero-order valence-corrected chi connectivity index (χ0v) is 15.0. The van der Waals surface area contributed by atoms with E-state index in [1.54, 1.807) is 11.8 Å². The first-order chi connectivity index (χ1) is 11.6. The molecule has 0 aliphatic carbocycles. The van der Waals surface area contributed by atoms with Crippen molar-refractivity contribution < 1.29 is 9.59 Å². The first-order valence-corrected chi connectivity index (χ1v) is 9.30. The lowest BCUT2D eigenvalue weighted by Gasteiger charge is -2.06. The molecule has 0 aliphatic heterocycles. The van der Waals surface area contributed by atoms with Crippen LogP contribution in [0.3, 0.4) is 0 Å². The van der Waals surface area contributed by atoms with Gasteiger partial charge >= 0.3 is 0 Å². The van der Waals surface area contributed by atoms with Crippen molar-refractivity contribution in [1.29, 1.82) is 0 Å². The van der Waals surface area contributed by atoms with E-state index in [9.17, 15) is 9.59 Å². The second-order valence-corrected chi connectivity index (χ2v) is 6.62. The second-order valence-electron chi connectivity index (χ2n) is 5.74. The Hall–Kier alpha value is -2.07. The molecule has 0 spiro atoms. The summed E-state index contributed by atoms with van der Waals surface area (Å²) in [7, 11) is 0. The van der Waals surface area contributed by atoms with Crippen LogP contribution in [0.5, 0.6) is 0 Å². The number of hydrogen-bond acceptors (Lipinski definition) is 3. The van der Waals surface area contributed by atoms with Crippen LogP contribution in [0.15, 0.2) is 53.4 Å². The highest BCUT2D eigenvalue weighted by atomic mass is 32.2. The number of carbonyl (C=O) groups excluding carboxylic acids is 2. The van der Waals surface area contributed by atoms with Crippen LogP contribution >= 0.6 is 11.8 Å². The molecule has 0 radical (unpaired) electrons. The maximum Gasteiger partial charge on any atom is 0.220 e. The highest BCUT2D eigenvalue weighted by Crippen LogP contribution is 2.16. The van der Waals surface area contributed by atoms with Gasteiger partial charge in [0, 0.05) is 29.8 Å². The molecule has 0 aromatic heterocycles. The average Bonchev–Trinajstić information content (AvgIpc) is 2.61. The van der Waals surface area contributed by atoms with Gasteiger partial charge in [0.15, 0.2) is 5.78 Å². The molecule has 24 heavy (non-hydrogen) atoms. The molecule has 0 fully saturated rings. The number of aryl methyl sites for hydroxylation is 1. The van der Waals surface area contributed by atoms with E-state index in [1.807, 2.05) is 30.5 Å². The summed E-state index contributed by atoms with van der Waals surface area (Å²) < 4.78 is 0. The molecule has 2 aromatic carbocycles. The zero-order valence-electron chi connectivity index (χ0n) is 14.2. The maximum absolute atomic E-state index is 12.1. The highest BCUT2D eigenvalue weighted by molar-refractivity contribution is 7.98. The molecule has 0 heterocycles. The third-order valence-corrected chi connectivity index (χ3v) is 4.59. The van der Waals surface area contributed by atoms with Crippen LogP contribution in [-0.2, 0) is 11.2 Å². The predicted molar refractivity (Wildman–Crippen MR) is 99.7 cm³/mol. The van der Waals surface area contributed by atoms with Gasteiger partial charge in [-0.2, -0.15) is 0 Å². The number of Topliss-reactive ketones (excluding diaryl/α,β-unsaturated/α-hetero) is 1. The number of hydrogen-bond donors (Lipinski definition) is 1. The van der Waals surface area contributed by atoms with Crippen LogP contribution in [0.25, 0.3) is 0 Å². The van der Waals surface area contributed by atoms with Crippen molar-refractivity contribution >= 4 is 23.5 Å². The number of benzene rings is 2. The Kier molecular flexibility index (Phi) is 7.07. The molecule has 3 nitrogen and oxygen atoms in total. The van der Waals surface area contributed by atoms with Gasteiger partial charge in [-0.1, -0.05) is 42.0 Å². The fraction of sp³-hybridized carbons (Fsp3) is 0.300. The summed E-state index contributed by atoms with van der Waals surface area (Å²) in [5.41, 5.74) is 3.10. The van der Waals surface area contributed by atoms with Crippen molar-refractivity contribution in [3.8, 4) is 0 Å². The van der Waals surface area contributed by atoms with Crippen molar-refractivity contribution in [3.05, 3.63) is 65.2 Å². The summed E-state index contributed by atoms with van der Waals surface area (Å²) in [4.78, 5) is 25.1. The van der Waals surface area contributed by atoms with Crippen molar-refractivity contribution in [2.24, 2.45) is 0 Å². The monoisotopic (exact) mass is 341 g/mol. The first kappa shape index (κ1) is 18.3. The number of nitrogens with one attached hydrogen (secondary N) is 1. The second kappa shape index (κ2) is 9.28. The summed E-state index contributed by atoms with van der Waals surface area (Å²) >= 11 is 1.64. The van der Waals surface area contributed by atoms with Gasteiger partial charge in [0.05, 0.1) is 0 Å². The molecule has 0 bridgehead atoms. The van der Waals surface area contributed by atoms with E-state index in [0.29, 0.717) is 12.1 Å². The van der Waals surface area contributed by atoms with E-state index in [2.05, 4.69) is 36.5 Å². The average molecular weight is 341 g/mol. The number of thioether (sulfide) groups is 1. The summed E-state index contributed by atoms with van der Waals surface area (Å²) in [6, 6.07) is 15.8. The molecule has 126 valence electrons. The minimum atomic E-state index is -0.0730. The number of amides is 1. The van der Waals surface area contributed by atoms with Gasteiger partial charge in [0.2, 0.25) is 5.91 Å². The SMILES string of the molecule is CSc1ccc(C(=O)CCC(=O)NCCc2ccc(C)cc2)cc1. The summed E-state index contributed by atoms with van der Waals surface area (Å²) in [6.45, 7) is 2.65. The van der Waals surface area contributed by atoms with Gasteiger partial charge in [-0.25, -0.2) is 0 Å². The molecule has 4 heteroatoms. The van der Waals surface area contributed by atoms with Gasteiger partial charge in [-0.15, -0.1) is 11.8 Å². The van der Waals surface area contributed by atoms with E-state index < -0.39 is 0 Å². The highest BCUT2D eigenvalue weighted by Gasteiger charge is 2.09. The lowest BCUT2D eigenvalue weighted by molar-refractivity contribution is -0.121. The lowest BCUT2D eigenvalue weighted by Crippen LogP contribution is -2.26. The largest absolute Gasteiger partial charge is 0.356 e. The van der Waals surface area contributed by atoms with Crippen LogP contribution in [0, 0.1) is 6.92 Å². The Bertz CT molecular complexity index is 678. The molecule has 2 aromatic rings. The minimum absolute atomic E-state index is 0.0105. The van der Waals surface area contributed by atoms with Gasteiger partial charge in [-0.3, -0.25) is 9.59 Å². The molecule has 1 amide bonds. The fourth-order valence-electron chi connectivity index (χ4n) is 2.34. The first-order valence-electron chi connectivity index (χ1n) is 8.08. The van der Waals surface area contributed by atoms with E-state index in [-0.39, 0.29) is 24.5 Å². The molecule has 2 rings (SSSR count). The molecule has 1 N–H and O–H groups in total. The van der Waals surface area contributed by atoms with Crippen molar-refractivity contribution in [3.63, 3.8) is 0 Å². The smallest absolute Gasteiger partial charge is 0.220 e. The Morgan fingerprint density at radius 2 is 1.62 bits per heavy atom. The molecule has 0 saturated heterocycles. The standard InChI is InChI=1S/C20H23NO2S/c1-15-3-5-16(6-4-15)13-14-21-20(23)12-11-19(22)17-7-9-18(24-2)10-8-17/h3-10H,11-14H2,1-2H3,(H,21,23). The number of ketones is 1. The van der Waals surface area contributed by atoms with Gasteiger partial charge in [0.25, 0.3) is 0 Å². The van der Waals surface area contributed by atoms with Crippen molar-refractivity contribution in [1.82, 2.24) is 5.32 Å². The van der Waals surface area contributed by atoms with Gasteiger partial charge in [-0.05, 0) is 37.3 Å². The Labute approximate surface area is 147 Å². The molecule has 0 unspecified atom stereocenters.